The molecule has 2 aromatic carbocycles. The summed E-state index contributed by atoms with van der Waals surface area (Å²) in [5.74, 6) is 1.27. The number of methoxy groups -OCH3 is 1. The number of amides is 1. The van der Waals surface area contributed by atoms with E-state index in [2.05, 4.69) is 38.1 Å². The summed E-state index contributed by atoms with van der Waals surface area (Å²) in [7, 11) is 1.61. The molecule has 6 heteroatoms. The topological polar surface area (TPSA) is 57.2 Å². The molecule has 2 aliphatic heterocycles. The smallest absolute Gasteiger partial charge is 0.253 e. The fourth-order valence-electron chi connectivity index (χ4n) is 5.19. The lowest BCUT2D eigenvalue weighted by Gasteiger charge is -2.48. The van der Waals surface area contributed by atoms with E-state index in [1.54, 1.807) is 13.2 Å². The summed E-state index contributed by atoms with van der Waals surface area (Å²) >= 11 is 0. The minimum absolute atomic E-state index is 0.0185. The lowest BCUT2D eigenvalue weighted by Crippen LogP contribution is -2.52. The molecule has 1 spiro atoms. The molecule has 0 saturated carbocycles. The molecule has 0 bridgehead atoms. The summed E-state index contributed by atoms with van der Waals surface area (Å²) in [6.45, 7) is 8.17. The Kier molecular flexibility index (Phi) is 8.34. The molecule has 6 nitrogen and oxygen atoms in total. The van der Waals surface area contributed by atoms with Crippen LogP contribution in [0.15, 0.2) is 48.5 Å². The number of hydrogen-bond acceptors (Lipinski definition) is 5. The van der Waals surface area contributed by atoms with Crippen molar-refractivity contribution < 1.29 is 23.7 Å². The summed E-state index contributed by atoms with van der Waals surface area (Å²) in [6, 6.07) is 15.9. The van der Waals surface area contributed by atoms with Crippen molar-refractivity contribution in [3.8, 4) is 11.5 Å². The minimum Gasteiger partial charge on any atom is -0.493 e. The van der Waals surface area contributed by atoms with Gasteiger partial charge < -0.3 is 23.8 Å². The van der Waals surface area contributed by atoms with Crippen LogP contribution in [0.2, 0.25) is 0 Å². The van der Waals surface area contributed by atoms with Crippen LogP contribution in [0, 0.1) is 0 Å². The first-order valence-electron chi connectivity index (χ1n) is 12.9. The molecule has 35 heavy (non-hydrogen) atoms. The molecule has 0 aromatic heterocycles. The van der Waals surface area contributed by atoms with Crippen LogP contribution in [0.1, 0.15) is 74.9 Å². The van der Waals surface area contributed by atoms with E-state index in [0.29, 0.717) is 36.8 Å². The molecule has 2 fully saturated rings. The predicted octanol–water partition coefficient (Wildman–Crippen LogP) is 5.80. The maximum absolute atomic E-state index is 13.3. The Morgan fingerprint density at radius 3 is 2.51 bits per heavy atom. The number of piperidine rings is 1. The molecule has 2 aromatic rings. The van der Waals surface area contributed by atoms with Crippen LogP contribution < -0.4 is 9.47 Å². The molecule has 190 valence electrons. The molecule has 1 amide bonds. The van der Waals surface area contributed by atoms with Gasteiger partial charge in [-0.2, -0.15) is 0 Å². The Hall–Kier alpha value is -2.57. The van der Waals surface area contributed by atoms with Crippen LogP contribution in [0.25, 0.3) is 0 Å². The van der Waals surface area contributed by atoms with Gasteiger partial charge in [-0.3, -0.25) is 4.79 Å². The molecule has 2 aliphatic rings. The second-order valence-electron chi connectivity index (χ2n) is 9.71. The molecule has 0 aliphatic carbocycles. The van der Waals surface area contributed by atoms with Crippen molar-refractivity contribution in [3.63, 3.8) is 0 Å². The van der Waals surface area contributed by atoms with Gasteiger partial charge in [0.2, 0.25) is 0 Å². The van der Waals surface area contributed by atoms with Gasteiger partial charge in [0.1, 0.15) is 0 Å². The third-order valence-corrected chi connectivity index (χ3v) is 7.32. The van der Waals surface area contributed by atoms with E-state index in [4.69, 9.17) is 18.9 Å². The van der Waals surface area contributed by atoms with Gasteiger partial charge in [-0.05, 0) is 56.9 Å². The summed E-state index contributed by atoms with van der Waals surface area (Å²) in [5, 5.41) is 0. The van der Waals surface area contributed by atoms with E-state index in [1.165, 1.54) is 5.56 Å². The molecule has 0 N–H and O–H groups in total. The number of nitrogens with zero attached hydrogens (tertiary/aromatic N) is 1. The number of ether oxygens (including phenoxy) is 4. The molecular weight excluding hydrogens is 442 g/mol. The Balaban J connectivity index is 1.44. The van der Waals surface area contributed by atoms with Gasteiger partial charge in [0, 0.05) is 38.1 Å². The lowest BCUT2D eigenvalue weighted by atomic mass is 9.80. The number of carbonyl (C=O) groups is 1. The van der Waals surface area contributed by atoms with Crippen LogP contribution >= 0.6 is 0 Å². The van der Waals surface area contributed by atoms with Gasteiger partial charge in [-0.1, -0.05) is 37.3 Å². The summed E-state index contributed by atoms with van der Waals surface area (Å²) in [5.41, 5.74) is 1.55. The van der Waals surface area contributed by atoms with Crippen molar-refractivity contribution in [1.29, 1.82) is 0 Å². The first kappa shape index (κ1) is 25.5. The normalized spacial score (nSPS) is 22.6. The summed E-state index contributed by atoms with van der Waals surface area (Å²) in [6.07, 6.45) is 4.52. The van der Waals surface area contributed by atoms with Crippen LogP contribution in [0.3, 0.4) is 0 Å². The van der Waals surface area contributed by atoms with Gasteiger partial charge in [-0.15, -0.1) is 0 Å². The highest BCUT2D eigenvalue weighted by atomic mass is 16.5. The molecule has 3 atom stereocenters. The molecule has 0 radical (unpaired) electrons. The average molecular weight is 482 g/mol. The van der Waals surface area contributed by atoms with Gasteiger partial charge in [-0.25, -0.2) is 0 Å². The number of hydrogen-bond donors (Lipinski definition) is 0. The van der Waals surface area contributed by atoms with Gasteiger partial charge in [0.15, 0.2) is 11.5 Å². The first-order valence-corrected chi connectivity index (χ1v) is 12.9. The number of likely N-dealkylation sites (tertiary alicyclic amines) is 1. The fraction of sp³-hybridized carbons (Fsp3) is 0.552. The van der Waals surface area contributed by atoms with Gasteiger partial charge in [0.05, 0.1) is 31.0 Å². The Labute approximate surface area is 209 Å². The quantitative estimate of drug-likeness (QED) is 0.477. The zero-order valence-electron chi connectivity index (χ0n) is 21.5. The molecule has 4 rings (SSSR count). The minimum atomic E-state index is -0.263. The van der Waals surface area contributed by atoms with E-state index in [9.17, 15) is 4.79 Å². The third-order valence-electron chi connectivity index (χ3n) is 7.32. The third kappa shape index (κ3) is 5.99. The van der Waals surface area contributed by atoms with Crippen molar-refractivity contribution in [2.75, 3.05) is 26.8 Å². The van der Waals surface area contributed by atoms with E-state index < -0.39 is 0 Å². The number of benzene rings is 2. The first-order chi connectivity index (χ1) is 17.0. The maximum atomic E-state index is 13.3. The highest BCUT2D eigenvalue weighted by molar-refractivity contribution is 5.95. The lowest BCUT2D eigenvalue weighted by molar-refractivity contribution is -0.190. The maximum Gasteiger partial charge on any atom is 0.253 e. The molecule has 2 heterocycles. The van der Waals surface area contributed by atoms with Crippen LogP contribution in [0.4, 0.5) is 0 Å². The summed E-state index contributed by atoms with van der Waals surface area (Å²) in [4.78, 5) is 15.3. The highest BCUT2D eigenvalue weighted by Crippen LogP contribution is 2.44. The number of carbonyl (C=O) groups excluding carboxylic acids is 1. The zero-order valence-corrected chi connectivity index (χ0v) is 21.5. The van der Waals surface area contributed by atoms with E-state index in [-0.39, 0.29) is 29.8 Å². The second-order valence-corrected chi connectivity index (χ2v) is 9.71. The predicted molar refractivity (Wildman–Crippen MR) is 136 cm³/mol. The SMILES string of the molecule is CCOC1CC(c2ccccc2)OC2(CCN(C(=O)c3ccc(O[C@@H](C)CC)c(OC)c3)CC2)C1. The van der Waals surface area contributed by atoms with Crippen molar-refractivity contribution >= 4 is 5.91 Å². The van der Waals surface area contributed by atoms with Crippen molar-refractivity contribution in [2.45, 2.75) is 76.8 Å². The standard InChI is InChI=1S/C29H39NO5/c1-5-21(3)34-25-13-12-23(18-27(25)32-4)28(31)30-16-14-29(15-17-30)20-24(33-6-2)19-26(35-29)22-10-8-7-9-11-22/h7-13,18,21,24,26H,5-6,14-17,19-20H2,1-4H3/t21-,24?,26?/m0/s1. The van der Waals surface area contributed by atoms with E-state index in [1.807, 2.05) is 30.0 Å². The fourth-order valence-corrected chi connectivity index (χ4v) is 5.19. The molecule has 2 unspecified atom stereocenters. The molecule has 2 saturated heterocycles. The van der Waals surface area contributed by atoms with Crippen molar-refractivity contribution in [1.82, 2.24) is 4.90 Å². The Bertz CT molecular complexity index is 970. The van der Waals surface area contributed by atoms with Crippen LogP contribution in [-0.2, 0) is 9.47 Å². The van der Waals surface area contributed by atoms with Crippen molar-refractivity contribution in [2.24, 2.45) is 0 Å². The average Bonchev–Trinajstić information content (AvgIpc) is 2.89. The van der Waals surface area contributed by atoms with E-state index in [0.717, 1.165) is 32.1 Å². The number of rotatable bonds is 8. The van der Waals surface area contributed by atoms with Gasteiger partial charge >= 0.3 is 0 Å². The van der Waals surface area contributed by atoms with Crippen molar-refractivity contribution in [3.05, 3.63) is 59.7 Å². The summed E-state index contributed by atoms with van der Waals surface area (Å²) < 4.78 is 24.3. The van der Waals surface area contributed by atoms with Crippen LogP contribution in [0.5, 0.6) is 11.5 Å². The Morgan fingerprint density at radius 1 is 1.11 bits per heavy atom. The van der Waals surface area contributed by atoms with Gasteiger partial charge in [0.25, 0.3) is 5.91 Å². The second kappa shape index (κ2) is 11.4. The Morgan fingerprint density at radius 2 is 1.86 bits per heavy atom. The largest absolute Gasteiger partial charge is 0.493 e. The highest BCUT2D eigenvalue weighted by Gasteiger charge is 2.45. The van der Waals surface area contributed by atoms with Crippen LogP contribution in [-0.4, -0.2) is 55.4 Å². The monoisotopic (exact) mass is 481 g/mol. The van der Waals surface area contributed by atoms with E-state index >= 15 is 0 Å². The molecular formula is C29H39NO5. The zero-order chi connectivity index (χ0) is 24.8.